The van der Waals surface area contributed by atoms with E-state index < -0.39 is 0 Å². The van der Waals surface area contributed by atoms with Crippen LogP contribution in [0.25, 0.3) is 0 Å². The van der Waals surface area contributed by atoms with Crippen molar-refractivity contribution in [2.24, 2.45) is 0 Å². The summed E-state index contributed by atoms with van der Waals surface area (Å²) >= 11 is 0. The number of rotatable bonds is 6. The summed E-state index contributed by atoms with van der Waals surface area (Å²) in [4.78, 5) is 12.3. The van der Waals surface area contributed by atoms with E-state index in [0.717, 1.165) is 23.3 Å². The van der Waals surface area contributed by atoms with E-state index >= 15 is 0 Å². The Balaban J connectivity index is 1.97. The maximum atomic E-state index is 12.3. The van der Waals surface area contributed by atoms with Gasteiger partial charge in [0.15, 0.2) is 6.61 Å². The van der Waals surface area contributed by atoms with E-state index in [1.54, 1.807) is 0 Å². The fraction of sp³-hybridized carbons (Fsp3) is 0.381. The summed E-state index contributed by atoms with van der Waals surface area (Å²) < 4.78 is 5.67. The molecular formula is C21H27NO2. The van der Waals surface area contributed by atoms with E-state index in [9.17, 15) is 4.79 Å². The molecule has 128 valence electrons. The number of carbonyl (C=O) groups excluding carboxylic acids is 1. The minimum Gasteiger partial charge on any atom is -0.484 e. The van der Waals surface area contributed by atoms with Gasteiger partial charge in [0, 0.05) is 0 Å². The first-order chi connectivity index (χ1) is 11.4. The molecule has 3 heteroatoms. The molecule has 1 amide bonds. The third-order valence-electron chi connectivity index (χ3n) is 4.37. The molecule has 0 unspecified atom stereocenters. The molecule has 0 aliphatic rings. The molecule has 0 spiro atoms. The molecule has 1 N–H and O–H groups in total. The highest BCUT2D eigenvalue weighted by Crippen LogP contribution is 2.21. The van der Waals surface area contributed by atoms with E-state index in [0.29, 0.717) is 0 Å². The van der Waals surface area contributed by atoms with E-state index in [1.807, 2.05) is 26.0 Å². The predicted molar refractivity (Wildman–Crippen MR) is 98.5 cm³/mol. The molecule has 2 aromatic rings. The van der Waals surface area contributed by atoms with Crippen LogP contribution in [0.1, 0.15) is 47.2 Å². The molecule has 0 heterocycles. The Morgan fingerprint density at radius 1 is 1.00 bits per heavy atom. The number of hydrogen-bond acceptors (Lipinski definition) is 2. The summed E-state index contributed by atoms with van der Waals surface area (Å²) in [7, 11) is 0. The van der Waals surface area contributed by atoms with E-state index in [-0.39, 0.29) is 18.6 Å². The van der Waals surface area contributed by atoms with Gasteiger partial charge in [0.1, 0.15) is 5.75 Å². The van der Waals surface area contributed by atoms with Crippen LogP contribution >= 0.6 is 0 Å². The minimum atomic E-state index is -0.0972. The Hall–Kier alpha value is -2.29. The van der Waals surface area contributed by atoms with Crippen molar-refractivity contribution in [3.63, 3.8) is 0 Å². The second-order valence-electron chi connectivity index (χ2n) is 6.43. The van der Waals surface area contributed by atoms with Gasteiger partial charge in [-0.25, -0.2) is 0 Å². The normalized spacial score (nSPS) is 11.9. The van der Waals surface area contributed by atoms with Crippen molar-refractivity contribution in [1.82, 2.24) is 5.32 Å². The molecule has 1 atom stereocenters. The van der Waals surface area contributed by atoms with Crippen LogP contribution in [-0.4, -0.2) is 12.5 Å². The highest BCUT2D eigenvalue weighted by atomic mass is 16.5. The smallest absolute Gasteiger partial charge is 0.258 e. The third kappa shape index (κ3) is 4.60. The van der Waals surface area contributed by atoms with Gasteiger partial charge in [-0.15, -0.1) is 0 Å². The van der Waals surface area contributed by atoms with Crippen LogP contribution in [0.5, 0.6) is 5.75 Å². The molecule has 2 rings (SSSR count). The molecule has 0 saturated heterocycles. The van der Waals surface area contributed by atoms with Crippen molar-refractivity contribution < 1.29 is 9.53 Å². The largest absolute Gasteiger partial charge is 0.484 e. The minimum absolute atomic E-state index is 0.0134. The first-order valence-corrected chi connectivity index (χ1v) is 8.47. The van der Waals surface area contributed by atoms with Gasteiger partial charge in [0.25, 0.3) is 5.91 Å². The Bertz CT molecular complexity index is 722. The molecule has 0 fully saturated rings. The van der Waals surface area contributed by atoms with Gasteiger partial charge < -0.3 is 10.1 Å². The van der Waals surface area contributed by atoms with Crippen LogP contribution in [0.2, 0.25) is 0 Å². The molecule has 0 aromatic heterocycles. The number of amides is 1. The van der Waals surface area contributed by atoms with Crippen molar-refractivity contribution in [1.29, 1.82) is 0 Å². The van der Waals surface area contributed by atoms with Gasteiger partial charge >= 0.3 is 0 Å². The van der Waals surface area contributed by atoms with Crippen LogP contribution in [0.4, 0.5) is 0 Å². The molecule has 0 bridgehead atoms. The van der Waals surface area contributed by atoms with Crippen LogP contribution in [0.3, 0.4) is 0 Å². The Morgan fingerprint density at radius 2 is 1.75 bits per heavy atom. The zero-order chi connectivity index (χ0) is 17.7. The van der Waals surface area contributed by atoms with E-state index in [4.69, 9.17) is 4.74 Å². The number of hydrogen-bond donors (Lipinski definition) is 1. The highest BCUT2D eigenvalue weighted by molar-refractivity contribution is 5.78. The number of carbonyl (C=O) groups is 1. The number of ether oxygens (including phenoxy) is 1. The molecule has 0 aliphatic carbocycles. The van der Waals surface area contributed by atoms with Gasteiger partial charge in [-0.3, -0.25) is 4.79 Å². The zero-order valence-corrected chi connectivity index (χ0v) is 15.3. The highest BCUT2D eigenvalue weighted by Gasteiger charge is 2.14. The number of aryl methyl sites for hydroxylation is 4. The average Bonchev–Trinajstić information content (AvgIpc) is 2.54. The lowest BCUT2D eigenvalue weighted by atomic mass is 9.99. The first-order valence-electron chi connectivity index (χ1n) is 8.47. The number of nitrogens with one attached hydrogen (secondary N) is 1. The first kappa shape index (κ1) is 18.1. The SMILES string of the molecule is CC[C@H](NC(=O)COc1ccc(C)cc1C)c1ccc(C)c(C)c1. The van der Waals surface area contributed by atoms with Crippen molar-refractivity contribution in [2.75, 3.05) is 6.61 Å². The monoisotopic (exact) mass is 325 g/mol. The Morgan fingerprint density at radius 3 is 2.38 bits per heavy atom. The van der Waals surface area contributed by atoms with Crippen molar-refractivity contribution in [3.05, 3.63) is 64.2 Å². The third-order valence-corrected chi connectivity index (χ3v) is 4.37. The summed E-state index contributed by atoms with van der Waals surface area (Å²) in [5.41, 5.74) is 5.87. The lowest BCUT2D eigenvalue weighted by Gasteiger charge is -2.19. The summed E-state index contributed by atoms with van der Waals surface area (Å²) in [6, 6.07) is 12.3. The van der Waals surface area contributed by atoms with Gasteiger partial charge in [0.05, 0.1) is 6.04 Å². The Kier molecular flexibility index (Phi) is 6.02. The molecule has 0 saturated carbocycles. The van der Waals surface area contributed by atoms with Gasteiger partial charge in [-0.1, -0.05) is 42.8 Å². The average molecular weight is 325 g/mol. The summed E-state index contributed by atoms with van der Waals surface area (Å²) in [5.74, 6) is 0.662. The van der Waals surface area contributed by atoms with Crippen molar-refractivity contribution in [2.45, 2.75) is 47.1 Å². The topological polar surface area (TPSA) is 38.3 Å². The Labute approximate surface area is 145 Å². The zero-order valence-electron chi connectivity index (χ0n) is 15.3. The van der Waals surface area contributed by atoms with Crippen LogP contribution < -0.4 is 10.1 Å². The lowest BCUT2D eigenvalue weighted by molar-refractivity contribution is -0.123. The molecular weight excluding hydrogens is 298 g/mol. The van der Waals surface area contributed by atoms with E-state index in [1.165, 1.54) is 16.7 Å². The number of benzene rings is 2. The summed E-state index contributed by atoms with van der Waals surface area (Å²) in [6.07, 6.45) is 0.845. The summed E-state index contributed by atoms with van der Waals surface area (Å²) in [5, 5.41) is 3.07. The second-order valence-corrected chi connectivity index (χ2v) is 6.43. The van der Waals surface area contributed by atoms with Crippen LogP contribution in [0, 0.1) is 27.7 Å². The fourth-order valence-corrected chi connectivity index (χ4v) is 2.74. The van der Waals surface area contributed by atoms with Crippen LogP contribution in [0.15, 0.2) is 36.4 Å². The molecule has 0 radical (unpaired) electrons. The van der Waals surface area contributed by atoms with Crippen LogP contribution in [-0.2, 0) is 4.79 Å². The van der Waals surface area contributed by atoms with Gasteiger partial charge in [0.2, 0.25) is 0 Å². The molecule has 2 aromatic carbocycles. The quantitative estimate of drug-likeness (QED) is 0.845. The van der Waals surface area contributed by atoms with Gasteiger partial charge in [-0.2, -0.15) is 0 Å². The molecule has 24 heavy (non-hydrogen) atoms. The molecule has 3 nitrogen and oxygen atoms in total. The van der Waals surface area contributed by atoms with Crippen molar-refractivity contribution in [3.8, 4) is 5.75 Å². The second kappa shape index (κ2) is 8.00. The lowest BCUT2D eigenvalue weighted by Crippen LogP contribution is -2.32. The standard InChI is InChI=1S/C21H27NO2/c1-6-19(18-9-8-15(3)16(4)12-18)22-21(23)13-24-20-10-7-14(2)11-17(20)5/h7-12,19H,6,13H2,1-5H3,(H,22,23)/t19-/m0/s1. The van der Waals surface area contributed by atoms with E-state index in [2.05, 4.69) is 50.4 Å². The predicted octanol–water partition coefficient (Wildman–Crippen LogP) is 4.57. The fourth-order valence-electron chi connectivity index (χ4n) is 2.74. The van der Waals surface area contributed by atoms with Gasteiger partial charge in [-0.05, 0) is 62.4 Å². The van der Waals surface area contributed by atoms with Crippen molar-refractivity contribution >= 4 is 5.91 Å². The maximum Gasteiger partial charge on any atom is 0.258 e. The molecule has 0 aliphatic heterocycles. The summed E-state index contributed by atoms with van der Waals surface area (Å²) in [6.45, 7) is 10.3. The maximum absolute atomic E-state index is 12.3.